The van der Waals surface area contributed by atoms with Gasteiger partial charge in [0.15, 0.2) is 0 Å². The molecule has 0 atom stereocenters. The van der Waals surface area contributed by atoms with Gasteiger partial charge in [-0.15, -0.1) is 11.6 Å². The molecule has 0 aliphatic heterocycles. The SMILES string of the molecule is CN(Cc1ccncc1)c1cc(Br)ccc1CCl. The third-order valence-corrected chi connectivity index (χ3v) is 3.55. The maximum absolute atomic E-state index is 5.98. The van der Waals surface area contributed by atoms with Crippen molar-refractivity contribution in [2.45, 2.75) is 12.4 Å². The summed E-state index contributed by atoms with van der Waals surface area (Å²) in [6.07, 6.45) is 3.62. The number of pyridine rings is 1. The van der Waals surface area contributed by atoms with E-state index in [1.807, 2.05) is 30.6 Å². The Morgan fingerprint density at radius 3 is 2.61 bits per heavy atom. The lowest BCUT2D eigenvalue weighted by molar-refractivity contribution is 0.912. The summed E-state index contributed by atoms with van der Waals surface area (Å²) in [5.74, 6) is 0.517. The summed E-state index contributed by atoms with van der Waals surface area (Å²) < 4.78 is 1.06. The minimum atomic E-state index is 0.517. The van der Waals surface area contributed by atoms with Gasteiger partial charge < -0.3 is 4.90 Å². The van der Waals surface area contributed by atoms with Gasteiger partial charge in [-0.05, 0) is 35.4 Å². The van der Waals surface area contributed by atoms with E-state index in [2.05, 4.69) is 45.0 Å². The van der Waals surface area contributed by atoms with E-state index in [1.165, 1.54) is 5.56 Å². The summed E-state index contributed by atoms with van der Waals surface area (Å²) in [7, 11) is 2.07. The molecule has 94 valence electrons. The number of hydrogen-bond acceptors (Lipinski definition) is 2. The van der Waals surface area contributed by atoms with E-state index in [-0.39, 0.29) is 0 Å². The minimum Gasteiger partial charge on any atom is -0.370 e. The van der Waals surface area contributed by atoms with Crippen LogP contribution in [0.15, 0.2) is 47.2 Å². The molecule has 0 saturated carbocycles. The highest BCUT2D eigenvalue weighted by molar-refractivity contribution is 9.10. The van der Waals surface area contributed by atoms with Crippen LogP contribution >= 0.6 is 27.5 Å². The monoisotopic (exact) mass is 324 g/mol. The van der Waals surface area contributed by atoms with Gasteiger partial charge in [-0.3, -0.25) is 4.98 Å². The molecule has 0 aliphatic carbocycles. The molecule has 2 rings (SSSR count). The molecule has 0 spiro atoms. The predicted molar refractivity (Wildman–Crippen MR) is 80.0 cm³/mol. The highest BCUT2D eigenvalue weighted by Crippen LogP contribution is 2.26. The summed E-state index contributed by atoms with van der Waals surface area (Å²) in [6, 6.07) is 10.2. The molecule has 0 unspecified atom stereocenters. The molecule has 0 radical (unpaired) electrons. The fourth-order valence-corrected chi connectivity index (χ4v) is 2.43. The Hall–Kier alpha value is -1.06. The maximum Gasteiger partial charge on any atom is 0.0494 e. The molecule has 0 N–H and O–H groups in total. The van der Waals surface area contributed by atoms with Gasteiger partial charge in [0.05, 0.1) is 0 Å². The number of halogens is 2. The average Bonchev–Trinajstić information content (AvgIpc) is 2.40. The van der Waals surface area contributed by atoms with Crippen LogP contribution in [0.4, 0.5) is 5.69 Å². The molecule has 2 nitrogen and oxygen atoms in total. The maximum atomic E-state index is 5.98. The Labute approximate surface area is 121 Å². The molecule has 1 aromatic carbocycles. The first-order valence-corrected chi connectivity index (χ1v) is 6.98. The highest BCUT2D eigenvalue weighted by atomic mass is 79.9. The number of hydrogen-bond donors (Lipinski definition) is 0. The third kappa shape index (κ3) is 3.24. The molecular weight excluding hydrogens is 312 g/mol. The molecule has 0 fully saturated rings. The van der Waals surface area contributed by atoms with Crippen LogP contribution in [0, 0.1) is 0 Å². The molecular formula is C14H14BrClN2. The van der Waals surface area contributed by atoms with Crippen molar-refractivity contribution in [1.82, 2.24) is 4.98 Å². The number of aromatic nitrogens is 1. The van der Waals surface area contributed by atoms with Crippen LogP contribution in [0.5, 0.6) is 0 Å². The molecule has 1 aromatic heterocycles. The summed E-state index contributed by atoms with van der Waals surface area (Å²) >= 11 is 9.48. The van der Waals surface area contributed by atoms with Crippen molar-refractivity contribution in [2.24, 2.45) is 0 Å². The van der Waals surface area contributed by atoms with Gasteiger partial charge in [0.25, 0.3) is 0 Å². The van der Waals surface area contributed by atoms with Crippen LogP contribution in [-0.4, -0.2) is 12.0 Å². The molecule has 2 aromatic rings. The zero-order chi connectivity index (χ0) is 13.0. The van der Waals surface area contributed by atoms with E-state index in [0.29, 0.717) is 5.88 Å². The lowest BCUT2D eigenvalue weighted by Gasteiger charge is -2.22. The van der Waals surface area contributed by atoms with Crippen molar-refractivity contribution >= 4 is 33.2 Å². The van der Waals surface area contributed by atoms with E-state index in [1.54, 1.807) is 0 Å². The molecule has 18 heavy (non-hydrogen) atoms. The van der Waals surface area contributed by atoms with E-state index in [9.17, 15) is 0 Å². The fourth-order valence-electron chi connectivity index (χ4n) is 1.85. The van der Waals surface area contributed by atoms with Crippen LogP contribution in [0.25, 0.3) is 0 Å². The lowest BCUT2D eigenvalue weighted by atomic mass is 10.1. The molecule has 0 bridgehead atoms. The lowest BCUT2D eigenvalue weighted by Crippen LogP contribution is -2.17. The van der Waals surface area contributed by atoms with Gasteiger partial charge in [0.2, 0.25) is 0 Å². The zero-order valence-electron chi connectivity index (χ0n) is 10.1. The topological polar surface area (TPSA) is 16.1 Å². The molecule has 0 saturated heterocycles. The smallest absolute Gasteiger partial charge is 0.0494 e. The Morgan fingerprint density at radius 1 is 1.22 bits per heavy atom. The summed E-state index contributed by atoms with van der Waals surface area (Å²) in [4.78, 5) is 6.22. The highest BCUT2D eigenvalue weighted by Gasteiger charge is 2.08. The van der Waals surface area contributed by atoms with Crippen molar-refractivity contribution in [2.75, 3.05) is 11.9 Å². The molecule has 4 heteroatoms. The average molecular weight is 326 g/mol. The van der Waals surface area contributed by atoms with Gasteiger partial charge in [-0.1, -0.05) is 22.0 Å². The van der Waals surface area contributed by atoms with Crippen molar-refractivity contribution in [3.63, 3.8) is 0 Å². The normalized spacial score (nSPS) is 10.4. The van der Waals surface area contributed by atoms with Gasteiger partial charge >= 0.3 is 0 Å². The standard InChI is InChI=1S/C14H14BrClN2/c1-18(10-11-4-6-17-7-5-11)14-8-13(15)3-2-12(14)9-16/h2-8H,9-10H2,1H3. The van der Waals surface area contributed by atoms with Crippen LogP contribution in [-0.2, 0) is 12.4 Å². The predicted octanol–water partition coefficient (Wildman–Crippen LogP) is 4.22. The van der Waals surface area contributed by atoms with E-state index >= 15 is 0 Å². The van der Waals surface area contributed by atoms with Crippen molar-refractivity contribution in [3.8, 4) is 0 Å². The van der Waals surface area contributed by atoms with Crippen molar-refractivity contribution < 1.29 is 0 Å². The second-order valence-electron chi connectivity index (χ2n) is 4.12. The molecule has 0 aliphatic rings. The first kappa shape index (κ1) is 13.4. The van der Waals surface area contributed by atoms with Crippen molar-refractivity contribution in [3.05, 3.63) is 58.3 Å². The molecule has 1 heterocycles. The summed E-state index contributed by atoms with van der Waals surface area (Å²) in [6.45, 7) is 0.836. The third-order valence-electron chi connectivity index (χ3n) is 2.77. The second kappa shape index (κ2) is 6.21. The number of benzene rings is 1. The number of nitrogens with zero attached hydrogens (tertiary/aromatic N) is 2. The van der Waals surface area contributed by atoms with Gasteiger partial charge in [0.1, 0.15) is 0 Å². The Morgan fingerprint density at radius 2 is 1.94 bits per heavy atom. The Kier molecular flexibility index (Phi) is 4.61. The van der Waals surface area contributed by atoms with Crippen LogP contribution in [0.2, 0.25) is 0 Å². The van der Waals surface area contributed by atoms with E-state index in [4.69, 9.17) is 11.6 Å². The number of alkyl halides is 1. The number of anilines is 1. The zero-order valence-corrected chi connectivity index (χ0v) is 12.4. The second-order valence-corrected chi connectivity index (χ2v) is 5.30. The molecule has 0 amide bonds. The van der Waals surface area contributed by atoms with Crippen molar-refractivity contribution in [1.29, 1.82) is 0 Å². The van der Waals surface area contributed by atoms with Gasteiger partial charge in [-0.25, -0.2) is 0 Å². The minimum absolute atomic E-state index is 0.517. The number of rotatable bonds is 4. The van der Waals surface area contributed by atoms with Gasteiger partial charge in [-0.2, -0.15) is 0 Å². The summed E-state index contributed by atoms with van der Waals surface area (Å²) in [5, 5.41) is 0. The first-order chi connectivity index (χ1) is 8.70. The van der Waals surface area contributed by atoms with Crippen LogP contribution in [0.1, 0.15) is 11.1 Å². The van der Waals surface area contributed by atoms with E-state index in [0.717, 1.165) is 22.3 Å². The first-order valence-electron chi connectivity index (χ1n) is 5.65. The van der Waals surface area contributed by atoms with Crippen LogP contribution < -0.4 is 4.90 Å². The largest absolute Gasteiger partial charge is 0.370 e. The Bertz CT molecular complexity index is 516. The summed E-state index contributed by atoms with van der Waals surface area (Å²) in [5.41, 5.74) is 3.51. The van der Waals surface area contributed by atoms with E-state index < -0.39 is 0 Å². The van der Waals surface area contributed by atoms with Gasteiger partial charge in [0, 0.05) is 42.0 Å². The fraction of sp³-hybridized carbons (Fsp3) is 0.214. The van der Waals surface area contributed by atoms with Crippen LogP contribution in [0.3, 0.4) is 0 Å². The quantitative estimate of drug-likeness (QED) is 0.782. The Balaban J connectivity index is 2.23.